The molecule has 0 saturated heterocycles. The number of hydrogen-bond acceptors (Lipinski definition) is 3. The third kappa shape index (κ3) is 4.85. The highest BCUT2D eigenvalue weighted by Crippen LogP contribution is 2.05. The Morgan fingerprint density at radius 2 is 1.88 bits per heavy atom. The van der Waals surface area contributed by atoms with E-state index in [2.05, 4.69) is 0 Å². The average molecular weight is 257 g/mol. The van der Waals surface area contributed by atoms with Crippen LogP contribution in [-0.2, 0) is 16.4 Å². The van der Waals surface area contributed by atoms with Gasteiger partial charge in [-0.3, -0.25) is 0 Å². The monoisotopic (exact) mass is 257 g/mol. The first-order chi connectivity index (χ1) is 8.06. The van der Waals surface area contributed by atoms with Gasteiger partial charge in [-0.15, -0.1) is 0 Å². The van der Waals surface area contributed by atoms with Crippen molar-refractivity contribution >= 4 is 10.0 Å². The van der Waals surface area contributed by atoms with E-state index in [4.69, 9.17) is 5.11 Å². The van der Waals surface area contributed by atoms with Crippen LogP contribution >= 0.6 is 0 Å². The Balaban J connectivity index is 2.47. The molecule has 0 heterocycles. The molecule has 96 valence electrons. The summed E-state index contributed by atoms with van der Waals surface area (Å²) in [6.07, 6.45) is 0.994. The van der Waals surface area contributed by atoms with Crippen LogP contribution in [0.1, 0.15) is 12.0 Å². The molecule has 0 unspecified atom stereocenters. The molecule has 1 aromatic rings. The van der Waals surface area contributed by atoms with Gasteiger partial charge in [-0.05, 0) is 18.4 Å². The number of aliphatic hydroxyl groups is 1. The molecule has 0 aliphatic rings. The highest BCUT2D eigenvalue weighted by molar-refractivity contribution is 7.89. The summed E-state index contributed by atoms with van der Waals surface area (Å²) < 4.78 is 24.8. The topological polar surface area (TPSA) is 57.6 Å². The van der Waals surface area contributed by atoms with E-state index in [-0.39, 0.29) is 18.8 Å². The van der Waals surface area contributed by atoms with Gasteiger partial charge >= 0.3 is 0 Å². The summed E-state index contributed by atoms with van der Waals surface area (Å²) in [6.45, 7) is 0.379. The number of aliphatic hydroxyl groups excluding tert-OH is 1. The normalized spacial score (nSPS) is 11.9. The third-order valence-corrected chi connectivity index (χ3v) is 4.53. The van der Waals surface area contributed by atoms with Gasteiger partial charge in [0.1, 0.15) is 0 Å². The van der Waals surface area contributed by atoms with Crippen molar-refractivity contribution in [2.24, 2.45) is 0 Å². The smallest absolute Gasteiger partial charge is 0.213 e. The van der Waals surface area contributed by atoms with Crippen molar-refractivity contribution in [3.8, 4) is 0 Å². The molecule has 0 bridgehead atoms. The lowest BCUT2D eigenvalue weighted by Gasteiger charge is -2.16. The van der Waals surface area contributed by atoms with E-state index in [1.165, 1.54) is 4.31 Å². The van der Waals surface area contributed by atoms with E-state index < -0.39 is 10.0 Å². The summed E-state index contributed by atoms with van der Waals surface area (Å²) in [7, 11) is -1.64. The zero-order valence-corrected chi connectivity index (χ0v) is 10.9. The van der Waals surface area contributed by atoms with Gasteiger partial charge in [0.15, 0.2) is 0 Å². The van der Waals surface area contributed by atoms with Crippen molar-refractivity contribution in [1.29, 1.82) is 0 Å². The Labute approximate surface area is 103 Å². The van der Waals surface area contributed by atoms with Crippen LogP contribution in [0.15, 0.2) is 30.3 Å². The third-order valence-electron chi connectivity index (χ3n) is 2.59. The standard InChI is InChI=1S/C12H19NO3S/c1-13(17(15,16)11-5-10-14)9-8-12-6-3-2-4-7-12/h2-4,6-7,14H,5,8-11H2,1H3. The minimum atomic E-state index is -3.22. The number of benzene rings is 1. The first-order valence-corrected chi connectivity index (χ1v) is 7.26. The molecule has 0 saturated carbocycles. The first kappa shape index (κ1) is 14.2. The summed E-state index contributed by atoms with van der Waals surface area (Å²) in [5.74, 6) is 0.00872. The molecular formula is C12H19NO3S. The number of nitrogens with zero attached hydrogens (tertiary/aromatic N) is 1. The Morgan fingerprint density at radius 3 is 2.47 bits per heavy atom. The molecule has 1 aromatic carbocycles. The molecule has 0 aliphatic heterocycles. The Hall–Kier alpha value is -0.910. The van der Waals surface area contributed by atoms with Gasteiger partial charge in [0, 0.05) is 20.2 Å². The highest BCUT2D eigenvalue weighted by Gasteiger charge is 2.16. The minimum Gasteiger partial charge on any atom is -0.396 e. The lowest BCUT2D eigenvalue weighted by atomic mass is 10.2. The van der Waals surface area contributed by atoms with Crippen LogP contribution in [0.4, 0.5) is 0 Å². The van der Waals surface area contributed by atoms with Crippen LogP contribution in [0.5, 0.6) is 0 Å². The van der Waals surface area contributed by atoms with E-state index in [1.807, 2.05) is 30.3 Å². The predicted octanol–water partition coefficient (Wildman–Crippen LogP) is 0.873. The summed E-state index contributed by atoms with van der Waals surface area (Å²) in [5, 5.41) is 8.64. The maximum absolute atomic E-state index is 11.7. The van der Waals surface area contributed by atoms with Crippen molar-refractivity contribution < 1.29 is 13.5 Å². The van der Waals surface area contributed by atoms with Crippen LogP contribution in [0.2, 0.25) is 0 Å². The zero-order valence-electron chi connectivity index (χ0n) is 10.0. The van der Waals surface area contributed by atoms with Crippen LogP contribution in [0, 0.1) is 0 Å². The molecule has 0 aliphatic carbocycles. The Kier molecular flexibility index (Phi) is 5.61. The van der Waals surface area contributed by atoms with Gasteiger partial charge in [0.05, 0.1) is 5.75 Å². The lowest BCUT2D eigenvalue weighted by molar-refractivity contribution is 0.294. The van der Waals surface area contributed by atoms with E-state index >= 15 is 0 Å². The Morgan fingerprint density at radius 1 is 1.24 bits per heavy atom. The van der Waals surface area contributed by atoms with Crippen molar-refractivity contribution in [2.45, 2.75) is 12.8 Å². The second-order valence-corrected chi connectivity index (χ2v) is 6.15. The maximum Gasteiger partial charge on any atom is 0.213 e. The maximum atomic E-state index is 11.7. The number of hydrogen-bond donors (Lipinski definition) is 1. The molecule has 0 spiro atoms. The van der Waals surface area contributed by atoms with Crippen molar-refractivity contribution in [3.63, 3.8) is 0 Å². The van der Waals surface area contributed by atoms with Crippen molar-refractivity contribution in [1.82, 2.24) is 4.31 Å². The summed E-state index contributed by atoms with van der Waals surface area (Å²) in [4.78, 5) is 0. The largest absolute Gasteiger partial charge is 0.396 e. The number of sulfonamides is 1. The minimum absolute atomic E-state index is 0.00872. The number of likely N-dealkylation sites (N-methyl/N-ethyl adjacent to an activating group) is 1. The van der Waals surface area contributed by atoms with E-state index in [1.54, 1.807) is 7.05 Å². The molecule has 5 heteroatoms. The summed E-state index contributed by atoms with van der Waals surface area (Å²) in [6, 6.07) is 9.78. The molecule has 0 amide bonds. The lowest BCUT2D eigenvalue weighted by Crippen LogP contribution is -2.31. The van der Waals surface area contributed by atoms with Gasteiger partial charge in [0.2, 0.25) is 10.0 Å². The molecular weight excluding hydrogens is 238 g/mol. The zero-order chi connectivity index (χ0) is 12.7. The Bertz CT molecular complexity index is 417. The van der Waals surface area contributed by atoms with Crippen LogP contribution in [-0.4, -0.2) is 43.8 Å². The molecule has 0 fully saturated rings. The van der Waals surface area contributed by atoms with Crippen LogP contribution in [0.3, 0.4) is 0 Å². The second-order valence-electron chi connectivity index (χ2n) is 3.95. The summed E-state index contributed by atoms with van der Waals surface area (Å²) in [5.41, 5.74) is 1.12. The van der Waals surface area contributed by atoms with Gasteiger partial charge < -0.3 is 5.11 Å². The van der Waals surface area contributed by atoms with E-state index in [0.717, 1.165) is 5.56 Å². The van der Waals surface area contributed by atoms with Gasteiger partial charge in [-0.1, -0.05) is 30.3 Å². The van der Waals surface area contributed by atoms with Gasteiger partial charge in [-0.2, -0.15) is 0 Å². The van der Waals surface area contributed by atoms with Crippen molar-refractivity contribution in [3.05, 3.63) is 35.9 Å². The molecule has 17 heavy (non-hydrogen) atoms. The second kappa shape index (κ2) is 6.74. The quantitative estimate of drug-likeness (QED) is 0.788. The van der Waals surface area contributed by atoms with E-state index in [0.29, 0.717) is 13.0 Å². The van der Waals surface area contributed by atoms with Crippen LogP contribution < -0.4 is 0 Å². The molecule has 4 nitrogen and oxygen atoms in total. The van der Waals surface area contributed by atoms with E-state index in [9.17, 15) is 8.42 Å². The summed E-state index contributed by atoms with van der Waals surface area (Å²) >= 11 is 0. The fourth-order valence-corrected chi connectivity index (χ4v) is 2.65. The predicted molar refractivity (Wildman–Crippen MR) is 68.3 cm³/mol. The highest BCUT2D eigenvalue weighted by atomic mass is 32.2. The molecule has 1 N–H and O–H groups in total. The molecule has 0 radical (unpaired) electrons. The first-order valence-electron chi connectivity index (χ1n) is 5.65. The SMILES string of the molecule is CN(CCc1ccccc1)S(=O)(=O)CCCO. The number of rotatable bonds is 7. The van der Waals surface area contributed by atoms with Gasteiger partial charge in [-0.25, -0.2) is 12.7 Å². The molecule has 1 rings (SSSR count). The van der Waals surface area contributed by atoms with Crippen LogP contribution in [0.25, 0.3) is 0 Å². The average Bonchev–Trinajstić information content (AvgIpc) is 2.34. The van der Waals surface area contributed by atoms with Gasteiger partial charge in [0.25, 0.3) is 0 Å². The fourth-order valence-electron chi connectivity index (χ4n) is 1.47. The molecule has 0 aromatic heterocycles. The fraction of sp³-hybridized carbons (Fsp3) is 0.500. The van der Waals surface area contributed by atoms with Crippen molar-refractivity contribution in [2.75, 3.05) is 26.0 Å². The molecule has 0 atom stereocenters.